The first kappa shape index (κ1) is 21.2. The average molecular weight is 441 g/mol. The number of rotatable bonds is 6. The van der Waals surface area contributed by atoms with Gasteiger partial charge in [0.1, 0.15) is 17.3 Å². The second kappa shape index (κ2) is 7.91. The molecule has 3 aromatic rings. The lowest BCUT2D eigenvalue weighted by Gasteiger charge is -2.18. The van der Waals surface area contributed by atoms with Gasteiger partial charge in [-0.05, 0) is 19.9 Å². The highest BCUT2D eigenvalue weighted by Gasteiger charge is 2.53. The predicted molar refractivity (Wildman–Crippen MR) is 111 cm³/mol. The number of halogens is 1. The van der Waals surface area contributed by atoms with E-state index in [2.05, 4.69) is 20.4 Å². The van der Waals surface area contributed by atoms with Crippen LogP contribution in [0.5, 0.6) is 5.88 Å². The Labute approximate surface area is 181 Å². The fraction of sp³-hybridized carbons (Fsp3) is 0.286. The Kier molecular flexibility index (Phi) is 5.25. The molecule has 1 aliphatic heterocycles. The van der Waals surface area contributed by atoms with E-state index in [1.54, 1.807) is 25.1 Å². The minimum atomic E-state index is -1.81. The van der Waals surface area contributed by atoms with E-state index in [1.807, 2.05) is 0 Å². The largest absolute Gasteiger partial charge is 0.481 e. The highest BCUT2D eigenvalue weighted by Crippen LogP contribution is 2.36. The quantitative estimate of drug-likeness (QED) is 0.439. The van der Waals surface area contributed by atoms with Gasteiger partial charge in [0.25, 0.3) is 5.56 Å². The lowest BCUT2D eigenvalue weighted by atomic mass is 9.85. The predicted octanol–water partition coefficient (Wildman–Crippen LogP) is 1.60. The normalized spacial score (nSPS) is 17.1. The number of hydrogen-bond donors (Lipinski definition) is 2. The van der Waals surface area contributed by atoms with E-state index < -0.39 is 28.7 Å². The first-order chi connectivity index (χ1) is 15.3. The number of aromatic amines is 1. The summed E-state index contributed by atoms with van der Waals surface area (Å²) >= 11 is 0. The summed E-state index contributed by atoms with van der Waals surface area (Å²) in [5.41, 5.74) is -1.99. The first-order valence-electron chi connectivity index (χ1n) is 9.78. The number of anilines is 1. The van der Waals surface area contributed by atoms with E-state index in [0.717, 1.165) is 0 Å². The van der Waals surface area contributed by atoms with Gasteiger partial charge >= 0.3 is 5.97 Å². The van der Waals surface area contributed by atoms with Crippen LogP contribution in [-0.4, -0.2) is 45.3 Å². The summed E-state index contributed by atoms with van der Waals surface area (Å²) in [7, 11) is 1.43. The number of nitrogens with one attached hydrogen (secondary N) is 2. The SMILES string of the molecule is CCOC(=O)C1(C)C(=O)Nc2nc(-c3cc(OC)n(Cc4ccccc4F)n3)[nH]c(=O)c21. The van der Waals surface area contributed by atoms with Crippen molar-refractivity contribution in [3.63, 3.8) is 0 Å². The molecule has 0 radical (unpaired) electrons. The van der Waals surface area contributed by atoms with Crippen LogP contribution in [0.1, 0.15) is 25.0 Å². The zero-order chi connectivity index (χ0) is 23.0. The van der Waals surface area contributed by atoms with E-state index in [9.17, 15) is 18.8 Å². The summed E-state index contributed by atoms with van der Waals surface area (Å²) in [4.78, 5) is 44.6. The van der Waals surface area contributed by atoms with Gasteiger partial charge in [-0.15, -0.1) is 0 Å². The van der Waals surface area contributed by atoms with Gasteiger partial charge in [0.2, 0.25) is 11.8 Å². The number of esters is 1. The van der Waals surface area contributed by atoms with E-state index in [1.165, 1.54) is 30.8 Å². The first-order valence-corrected chi connectivity index (χ1v) is 9.78. The van der Waals surface area contributed by atoms with Crippen LogP contribution in [0.15, 0.2) is 35.1 Å². The number of nitrogens with zero attached hydrogens (tertiary/aromatic N) is 3. The fourth-order valence-electron chi connectivity index (χ4n) is 3.55. The van der Waals surface area contributed by atoms with Crippen molar-refractivity contribution in [1.82, 2.24) is 19.7 Å². The molecule has 0 saturated carbocycles. The molecule has 10 nitrogen and oxygen atoms in total. The van der Waals surface area contributed by atoms with Gasteiger partial charge in [-0.3, -0.25) is 14.4 Å². The van der Waals surface area contributed by atoms with Gasteiger partial charge in [-0.1, -0.05) is 18.2 Å². The third kappa shape index (κ3) is 3.31. The molecule has 3 heterocycles. The Bertz CT molecular complexity index is 1280. The molecule has 1 unspecified atom stereocenters. The number of carbonyl (C=O) groups excluding carboxylic acids is 2. The smallest absolute Gasteiger partial charge is 0.326 e. The molecule has 1 aromatic carbocycles. The van der Waals surface area contributed by atoms with Crippen molar-refractivity contribution >= 4 is 17.7 Å². The van der Waals surface area contributed by atoms with Gasteiger partial charge in [0.05, 0.1) is 25.8 Å². The number of benzene rings is 1. The van der Waals surface area contributed by atoms with Crippen molar-refractivity contribution in [1.29, 1.82) is 0 Å². The van der Waals surface area contributed by atoms with Gasteiger partial charge in [-0.2, -0.15) is 5.10 Å². The molecule has 0 fully saturated rings. The highest BCUT2D eigenvalue weighted by molar-refractivity contribution is 6.18. The van der Waals surface area contributed by atoms with Crippen LogP contribution >= 0.6 is 0 Å². The third-order valence-corrected chi connectivity index (χ3v) is 5.26. The van der Waals surface area contributed by atoms with Crippen molar-refractivity contribution in [2.75, 3.05) is 19.0 Å². The number of methoxy groups -OCH3 is 1. The van der Waals surface area contributed by atoms with Crippen LogP contribution in [0.25, 0.3) is 11.5 Å². The number of hydrogen-bond acceptors (Lipinski definition) is 7. The number of ether oxygens (including phenoxy) is 2. The van der Waals surface area contributed by atoms with Gasteiger partial charge < -0.3 is 19.8 Å². The molecule has 4 rings (SSSR count). The number of carbonyl (C=O) groups is 2. The molecular formula is C21H20FN5O5. The van der Waals surface area contributed by atoms with Crippen molar-refractivity contribution in [2.24, 2.45) is 0 Å². The van der Waals surface area contributed by atoms with Crippen LogP contribution in [0.2, 0.25) is 0 Å². The number of fused-ring (bicyclic) bond motifs is 1. The third-order valence-electron chi connectivity index (χ3n) is 5.26. The molecule has 0 bridgehead atoms. The average Bonchev–Trinajstić information content (AvgIpc) is 3.29. The summed E-state index contributed by atoms with van der Waals surface area (Å²) < 4.78 is 25.8. The summed E-state index contributed by atoms with van der Waals surface area (Å²) in [6, 6.07) is 7.78. The molecule has 166 valence electrons. The Morgan fingerprint density at radius 2 is 2.03 bits per heavy atom. The van der Waals surface area contributed by atoms with E-state index in [-0.39, 0.29) is 36.1 Å². The zero-order valence-corrected chi connectivity index (χ0v) is 17.6. The Hall–Kier alpha value is -4.02. The van der Waals surface area contributed by atoms with Gasteiger partial charge in [0.15, 0.2) is 11.2 Å². The summed E-state index contributed by atoms with van der Waals surface area (Å²) in [5.74, 6) is -1.63. The van der Waals surface area contributed by atoms with Crippen molar-refractivity contribution in [3.05, 3.63) is 57.6 Å². The Morgan fingerprint density at radius 3 is 2.72 bits per heavy atom. The molecular weight excluding hydrogens is 421 g/mol. The van der Waals surface area contributed by atoms with E-state index in [4.69, 9.17) is 9.47 Å². The summed E-state index contributed by atoms with van der Waals surface area (Å²) in [6.07, 6.45) is 0. The second-order valence-corrected chi connectivity index (χ2v) is 7.26. The lowest BCUT2D eigenvalue weighted by Crippen LogP contribution is -2.43. The van der Waals surface area contributed by atoms with Crippen molar-refractivity contribution in [3.8, 4) is 17.4 Å². The molecule has 1 amide bonds. The maximum Gasteiger partial charge on any atom is 0.326 e. The molecule has 0 aliphatic carbocycles. The number of amides is 1. The maximum atomic E-state index is 14.1. The molecule has 1 atom stereocenters. The molecule has 1 aliphatic rings. The van der Waals surface area contributed by atoms with E-state index in [0.29, 0.717) is 11.4 Å². The minimum absolute atomic E-state index is 0.0488. The monoisotopic (exact) mass is 441 g/mol. The Morgan fingerprint density at radius 1 is 1.28 bits per heavy atom. The minimum Gasteiger partial charge on any atom is -0.481 e. The van der Waals surface area contributed by atoms with Crippen LogP contribution in [0.3, 0.4) is 0 Å². The van der Waals surface area contributed by atoms with Gasteiger partial charge in [-0.25, -0.2) is 14.1 Å². The second-order valence-electron chi connectivity index (χ2n) is 7.26. The molecule has 11 heteroatoms. The topological polar surface area (TPSA) is 128 Å². The standard InChI is InChI=1S/C21H20FN5O5/c1-4-32-20(30)21(2)15-17(25-19(21)29)23-16(24-18(15)28)13-9-14(31-3)27(26-13)10-11-7-5-6-8-12(11)22/h5-9H,4,10H2,1-3H3,(H2,23,24,25,28,29). The number of H-pyrrole nitrogens is 1. The van der Waals surface area contributed by atoms with Crippen LogP contribution in [0.4, 0.5) is 10.2 Å². The van der Waals surface area contributed by atoms with E-state index >= 15 is 0 Å². The van der Waals surface area contributed by atoms with Crippen LogP contribution < -0.4 is 15.6 Å². The van der Waals surface area contributed by atoms with Crippen LogP contribution in [0, 0.1) is 5.82 Å². The molecule has 2 aromatic heterocycles. The van der Waals surface area contributed by atoms with Crippen LogP contribution in [-0.2, 0) is 26.3 Å². The van der Waals surface area contributed by atoms with Gasteiger partial charge in [0, 0.05) is 11.6 Å². The van der Waals surface area contributed by atoms with Crippen molar-refractivity contribution < 1.29 is 23.5 Å². The molecule has 0 spiro atoms. The molecule has 0 saturated heterocycles. The van der Waals surface area contributed by atoms with Crippen molar-refractivity contribution in [2.45, 2.75) is 25.8 Å². The summed E-state index contributed by atoms with van der Waals surface area (Å²) in [5, 5.41) is 6.84. The lowest BCUT2D eigenvalue weighted by molar-refractivity contribution is -0.152. The molecule has 32 heavy (non-hydrogen) atoms. The highest BCUT2D eigenvalue weighted by atomic mass is 19.1. The summed E-state index contributed by atoms with van der Waals surface area (Å²) in [6.45, 7) is 3.06. The Balaban J connectivity index is 1.75. The number of aromatic nitrogens is 4. The zero-order valence-electron chi connectivity index (χ0n) is 17.6. The molecule has 2 N–H and O–H groups in total. The fourth-order valence-corrected chi connectivity index (χ4v) is 3.55. The maximum absolute atomic E-state index is 14.1.